The number of hydrogen-bond acceptors (Lipinski definition) is 4. The summed E-state index contributed by atoms with van der Waals surface area (Å²) in [4.78, 5) is 4.06. The number of rotatable bonds is 4. The Balaban J connectivity index is 2.09. The molecule has 2 N–H and O–H groups in total. The van der Waals surface area contributed by atoms with Crippen LogP contribution in [0.25, 0.3) is 5.69 Å². The van der Waals surface area contributed by atoms with Crippen LogP contribution in [0.1, 0.15) is 11.3 Å². The lowest BCUT2D eigenvalue weighted by Crippen LogP contribution is -2.03. The van der Waals surface area contributed by atoms with Gasteiger partial charge in [-0.05, 0) is 31.2 Å². The average Bonchev–Trinajstić information content (AvgIpc) is 2.85. The Morgan fingerprint density at radius 1 is 1.14 bits per heavy atom. The van der Waals surface area contributed by atoms with Crippen molar-refractivity contribution in [1.29, 1.82) is 0 Å². The van der Waals surface area contributed by atoms with Gasteiger partial charge in [-0.15, -0.1) is 0 Å². The van der Waals surface area contributed by atoms with E-state index in [1.807, 2.05) is 49.4 Å². The lowest BCUT2D eigenvalue weighted by molar-refractivity contribution is 0.437. The van der Waals surface area contributed by atoms with Crippen LogP contribution in [0.4, 0.5) is 0 Å². The maximum Gasteiger partial charge on any atom is 0.227 e. The fraction of sp³-hybridized carbons (Fsp3) is 0.125. The molecule has 5 heteroatoms. The largest absolute Gasteiger partial charge is 0.437 e. The number of benzene rings is 1. The fourth-order valence-electron chi connectivity index (χ4n) is 2.14. The van der Waals surface area contributed by atoms with Gasteiger partial charge in [-0.25, -0.2) is 4.68 Å². The Bertz CT molecular complexity index is 723. The van der Waals surface area contributed by atoms with Gasteiger partial charge in [0, 0.05) is 12.7 Å². The molecule has 0 saturated heterocycles. The van der Waals surface area contributed by atoms with Crippen LogP contribution < -0.4 is 10.5 Å². The van der Waals surface area contributed by atoms with E-state index in [9.17, 15) is 0 Å². The number of nitrogens with two attached hydrogens (primary N) is 1. The zero-order valence-electron chi connectivity index (χ0n) is 11.7. The Morgan fingerprint density at radius 3 is 2.62 bits per heavy atom. The molecule has 0 bridgehead atoms. The van der Waals surface area contributed by atoms with Gasteiger partial charge in [0.25, 0.3) is 0 Å². The fourth-order valence-corrected chi connectivity index (χ4v) is 2.14. The van der Waals surface area contributed by atoms with Crippen LogP contribution in [0.3, 0.4) is 0 Å². The highest BCUT2D eigenvalue weighted by Crippen LogP contribution is 2.29. The molecule has 0 aliphatic heterocycles. The maximum absolute atomic E-state index is 5.96. The molecule has 1 aromatic carbocycles. The summed E-state index contributed by atoms with van der Waals surface area (Å²) < 4.78 is 7.73. The molecular weight excluding hydrogens is 264 g/mol. The molecule has 0 spiro atoms. The monoisotopic (exact) mass is 280 g/mol. The van der Waals surface area contributed by atoms with Gasteiger partial charge in [-0.2, -0.15) is 5.10 Å². The van der Waals surface area contributed by atoms with Crippen LogP contribution in [0.15, 0.2) is 54.9 Å². The third kappa shape index (κ3) is 2.64. The van der Waals surface area contributed by atoms with Gasteiger partial charge in [-0.3, -0.25) is 4.98 Å². The Hall–Kier alpha value is -2.66. The molecule has 0 amide bonds. The standard InChI is InChI=1S/C16H16N4O/c1-12-15(10-17)16(21-14-8-5-9-18-11-14)20(19-12)13-6-3-2-4-7-13/h2-9,11H,10,17H2,1H3. The predicted molar refractivity (Wildman–Crippen MR) is 80.5 cm³/mol. The maximum atomic E-state index is 5.96. The van der Waals surface area contributed by atoms with Crippen molar-refractivity contribution in [3.63, 3.8) is 0 Å². The molecule has 0 unspecified atom stereocenters. The van der Waals surface area contributed by atoms with Crippen molar-refractivity contribution in [2.24, 2.45) is 5.73 Å². The minimum absolute atomic E-state index is 0.369. The molecule has 106 valence electrons. The molecule has 2 heterocycles. The molecule has 0 atom stereocenters. The normalized spacial score (nSPS) is 10.6. The molecule has 0 saturated carbocycles. The van der Waals surface area contributed by atoms with E-state index >= 15 is 0 Å². The van der Waals surface area contributed by atoms with Crippen LogP contribution in [0, 0.1) is 6.92 Å². The lowest BCUT2D eigenvalue weighted by Gasteiger charge is -2.10. The molecule has 0 radical (unpaired) electrons. The molecule has 3 rings (SSSR count). The molecule has 21 heavy (non-hydrogen) atoms. The first kappa shape index (κ1) is 13.3. The predicted octanol–water partition coefficient (Wildman–Crippen LogP) is 2.83. The molecule has 2 aromatic heterocycles. The third-order valence-electron chi connectivity index (χ3n) is 3.19. The topological polar surface area (TPSA) is 66.0 Å². The van der Waals surface area contributed by atoms with Gasteiger partial charge in [-0.1, -0.05) is 18.2 Å². The zero-order chi connectivity index (χ0) is 14.7. The number of para-hydroxylation sites is 1. The molecule has 0 aliphatic rings. The van der Waals surface area contributed by atoms with Crippen molar-refractivity contribution >= 4 is 0 Å². The van der Waals surface area contributed by atoms with Crippen LogP contribution in [0.2, 0.25) is 0 Å². The van der Waals surface area contributed by atoms with Crippen molar-refractivity contribution < 1.29 is 4.74 Å². The smallest absolute Gasteiger partial charge is 0.227 e. The first-order valence-electron chi connectivity index (χ1n) is 6.71. The van der Waals surface area contributed by atoms with Crippen molar-refractivity contribution in [2.45, 2.75) is 13.5 Å². The minimum atomic E-state index is 0.369. The minimum Gasteiger partial charge on any atom is -0.437 e. The van der Waals surface area contributed by atoms with Gasteiger partial charge in [0.1, 0.15) is 5.75 Å². The van der Waals surface area contributed by atoms with Crippen molar-refractivity contribution in [3.05, 3.63) is 66.1 Å². The molecule has 0 aliphatic carbocycles. The number of aromatic nitrogens is 3. The van der Waals surface area contributed by atoms with E-state index in [1.165, 1.54) is 0 Å². The molecular formula is C16H16N4O. The molecule has 0 fully saturated rings. The number of hydrogen-bond donors (Lipinski definition) is 1. The Labute approximate surface area is 123 Å². The lowest BCUT2D eigenvalue weighted by atomic mass is 10.2. The van der Waals surface area contributed by atoms with E-state index in [2.05, 4.69) is 10.1 Å². The molecule has 5 nitrogen and oxygen atoms in total. The highest BCUT2D eigenvalue weighted by atomic mass is 16.5. The summed E-state index contributed by atoms with van der Waals surface area (Å²) in [5.74, 6) is 1.29. The summed E-state index contributed by atoms with van der Waals surface area (Å²) >= 11 is 0. The third-order valence-corrected chi connectivity index (χ3v) is 3.19. The van der Waals surface area contributed by atoms with Crippen molar-refractivity contribution in [3.8, 4) is 17.3 Å². The second-order valence-corrected chi connectivity index (χ2v) is 4.61. The van der Waals surface area contributed by atoms with Crippen molar-refractivity contribution in [2.75, 3.05) is 0 Å². The quantitative estimate of drug-likeness (QED) is 0.798. The van der Waals surface area contributed by atoms with Gasteiger partial charge < -0.3 is 10.5 Å². The van der Waals surface area contributed by atoms with E-state index in [4.69, 9.17) is 10.5 Å². The Morgan fingerprint density at radius 2 is 1.95 bits per heavy atom. The number of aryl methyl sites for hydroxylation is 1. The first-order chi connectivity index (χ1) is 10.3. The van der Waals surface area contributed by atoms with Crippen molar-refractivity contribution in [1.82, 2.24) is 14.8 Å². The van der Waals surface area contributed by atoms with E-state index in [-0.39, 0.29) is 0 Å². The summed E-state index contributed by atoms with van der Waals surface area (Å²) in [6.45, 7) is 2.30. The van der Waals surface area contributed by atoms with Gasteiger partial charge in [0.2, 0.25) is 5.88 Å². The second-order valence-electron chi connectivity index (χ2n) is 4.61. The van der Waals surface area contributed by atoms with Crippen LogP contribution in [0.5, 0.6) is 11.6 Å². The number of nitrogens with zero attached hydrogens (tertiary/aromatic N) is 3. The SMILES string of the molecule is Cc1nn(-c2ccccc2)c(Oc2cccnc2)c1CN. The first-order valence-corrected chi connectivity index (χ1v) is 6.71. The van der Waals surface area contributed by atoms with Crippen LogP contribution in [-0.2, 0) is 6.54 Å². The number of pyridine rings is 1. The van der Waals surface area contributed by atoms with Crippen LogP contribution in [-0.4, -0.2) is 14.8 Å². The highest BCUT2D eigenvalue weighted by molar-refractivity contribution is 5.42. The Kier molecular flexibility index (Phi) is 3.66. The average molecular weight is 280 g/mol. The molecule has 3 aromatic rings. The summed E-state index contributed by atoms with van der Waals surface area (Å²) in [6.07, 6.45) is 3.37. The summed E-state index contributed by atoms with van der Waals surface area (Å²) in [6, 6.07) is 13.5. The number of ether oxygens (including phenoxy) is 1. The highest BCUT2D eigenvalue weighted by Gasteiger charge is 2.17. The van der Waals surface area contributed by atoms with Gasteiger partial charge in [0.15, 0.2) is 0 Å². The summed E-state index contributed by atoms with van der Waals surface area (Å²) in [5.41, 5.74) is 8.53. The summed E-state index contributed by atoms with van der Waals surface area (Å²) in [7, 11) is 0. The zero-order valence-corrected chi connectivity index (χ0v) is 11.7. The van der Waals surface area contributed by atoms with E-state index in [0.717, 1.165) is 16.9 Å². The summed E-state index contributed by atoms with van der Waals surface area (Å²) in [5, 5.41) is 4.54. The van der Waals surface area contributed by atoms with Gasteiger partial charge >= 0.3 is 0 Å². The second kappa shape index (κ2) is 5.76. The van der Waals surface area contributed by atoms with Gasteiger partial charge in [0.05, 0.1) is 23.1 Å². The van der Waals surface area contributed by atoms with E-state index in [0.29, 0.717) is 18.2 Å². The van der Waals surface area contributed by atoms with Crippen LogP contribution >= 0.6 is 0 Å². The van der Waals surface area contributed by atoms with E-state index < -0.39 is 0 Å². The van der Waals surface area contributed by atoms with E-state index in [1.54, 1.807) is 17.1 Å².